The predicted molar refractivity (Wildman–Crippen MR) is 68.9 cm³/mol. The Morgan fingerprint density at radius 3 is 2.06 bits per heavy atom. The Labute approximate surface area is 105 Å². The third-order valence-corrected chi connectivity index (χ3v) is 5.14. The summed E-state index contributed by atoms with van der Waals surface area (Å²) in [7, 11) is 0. The second kappa shape index (κ2) is 5.09. The molecule has 96 valence electrons. The van der Waals surface area contributed by atoms with Gasteiger partial charge in [-0.2, -0.15) is 0 Å². The fourth-order valence-electron chi connectivity index (χ4n) is 4.20. The molecule has 2 aliphatic heterocycles. The first-order chi connectivity index (χ1) is 8.33. The van der Waals surface area contributed by atoms with Crippen LogP contribution in [-0.4, -0.2) is 29.3 Å². The predicted octanol–water partition coefficient (Wildman–Crippen LogP) is 3.15. The van der Waals surface area contributed by atoms with Crippen LogP contribution in [0.3, 0.4) is 0 Å². The van der Waals surface area contributed by atoms with Gasteiger partial charge in [-0.15, -0.1) is 0 Å². The van der Waals surface area contributed by atoms with Gasteiger partial charge in [-0.3, -0.25) is 9.69 Å². The molecule has 0 radical (unpaired) electrons. The number of fused-ring (bicyclic) bond motifs is 2. The van der Waals surface area contributed by atoms with E-state index in [9.17, 15) is 4.79 Å². The van der Waals surface area contributed by atoms with Gasteiger partial charge in [0, 0.05) is 31.5 Å². The van der Waals surface area contributed by atoms with Gasteiger partial charge in [0.25, 0.3) is 0 Å². The number of carbonyl (C=O) groups is 1. The number of hydrogen-bond donors (Lipinski definition) is 0. The summed E-state index contributed by atoms with van der Waals surface area (Å²) in [5, 5.41) is 0. The standard InChI is InChI=1S/C15H25NO/c17-15-9-13-7-8-14(10-15)16(13)11-12-5-3-1-2-4-6-12/h12-14H,1-11H2. The molecule has 17 heavy (non-hydrogen) atoms. The minimum atomic E-state index is 0.523. The summed E-state index contributed by atoms with van der Waals surface area (Å²) < 4.78 is 0. The van der Waals surface area contributed by atoms with E-state index in [4.69, 9.17) is 0 Å². The van der Waals surface area contributed by atoms with Crippen LogP contribution in [0.2, 0.25) is 0 Å². The maximum absolute atomic E-state index is 11.6. The van der Waals surface area contributed by atoms with Gasteiger partial charge in [0.15, 0.2) is 0 Å². The normalized spacial score (nSPS) is 36.1. The Kier molecular flexibility index (Phi) is 3.51. The lowest BCUT2D eigenvalue weighted by molar-refractivity contribution is -0.123. The number of rotatable bonds is 2. The highest BCUT2D eigenvalue weighted by molar-refractivity contribution is 5.80. The van der Waals surface area contributed by atoms with Crippen LogP contribution >= 0.6 is 0 Å². The minimum Gasteiger partial charge on any atom is -0.300 e. The Morgan fingerprint density at radius 2 is 1.47 bits per heavy atom. The maximum Gasteiger partial charge on any atom is 0.136 e. The van der Waals surface area contributed by atoms with Crippen molar-refractivity contribution in [2.45, 2.75) is 76.3 Å². The van der Waals surface area contributed by atoms with Crippen molar-refractivity contribution < 1.29 is 4.79 Å². The molecule has 2 saturated heterocycles. The quantitative estimate of drug-likeness (QED) is 0.685. The van der Waals surface area contributed by atoms with Crippen LogP contribution in [0.25, 0.3) is 0 Å². The van der Waals surface area contributed by atoms with Gasteiger partial charge in [-0.05, 0) is 31.6 Å². The van der Waals surface area contributed by atoms with Crippen molar-refractivity contribution in [2.75, 3.05) is 6.54 Å². The number of ketones is 1. The van der Waals surface area contributed by atoms with Crippen molar-refractivity contribution in [2.24, 2.45) is 5.92 Å². The van der Waals surface area contributed by atoms with Crippen molar-refractivity contribution in [3.8, 4) is 0 Å². The summed E-state index contributed by atoms with van der Waals surface area (Å²) >= 11 is 0. The Balaban J connectivity index is 1.59. The molecule has 0 amide bonds. The summed E-state index contributed by atoms with van der Waals surface area (Å²) in [6.07, 6.45) is 12.9. The van der Waals surface area contributed by atoms with E-state index in [0.717, 1.165) is 18.8 Å². The molecule has 1 aliphatic carbocycles. The monoisotopic (exact) mass is 235 g/mol. The molecule has 0 aromatic carbocycles. The van der Waals surface area contributed by atoms with Crippen molar-refractivity contribution >= 4 is 5.78 Å². The molecular weight excluding hydrogens is 210 g/mol. The molecule has 0 aromatic heterocycles. The fraction of sp³-hybridized carbons (Fsp3) is 0.933. The number of hydrogen-bond acceptors (Lipinski definition) is 2. The van der Waals surface area contributed by atoms with Crippen LogP contribution in [0.15, 0.2) is 0 Å². The van der Waals surface area contributed by atoms with E-state index in [1.807, 2.05) is 0 Å². The molecule has 2 unspecified atom stereocenters. The second-order valence-corrected chi connectivity index (χ2v) is 6.39. The van der Waals surface area contributed by atoms with E-state index in [1.54, 1.807) is 0 Å². The zero-order valence-corrected chi connectivity index (χ0v) is 10.9. The van der Waals surface area contributed by atoms with Gasteiger partial charge >= 0.3 is 0 Å². The van der Waals surface area contributed by atoms with Gasteiger partial charge in [0.2, 0.25) is 0 Å². The van der Waals surface area contributed by atoms with Crippen LogP contribution < -0.4 is 0 Å². The Bertz CT molecular complexity index is 265. The molecular formula is C15H25NO. The van der Waals surface area contributed by atoms with Crippen LogP contribution in [0, 0.1) is 5.92 Å². The molecule has 3 fully saturated rings. The van der Waals surface area contributed by atoms with Gasteiger partial charge in [-0.25, -0.2) is 0 Å². The molecule has 0 N–H and O–H groups in total. The van der Waals surface area contributed by atoms with Gasteiger partial charge in [0.1, 0.15) is 5.78 Å². The average molecular weight is 235 g/mol. The molecule has 2 atom stereocenters. The number of carbonyl (C=O) groups excluding carboxylic acids is 1. The first-order valence-corrected chi connectivity index (χ1v) is 7.60. The van der Waals surface area contributed by atoms with Crippen LogP contribution in [-0.2, 0) is 4.79 Å². The van der Waals surface area contributed by atoms with E-state index in [0.29, 0.717) is 17.9 Å². The molecule has 2 nitrogen and oxygen atoms in total. The summed E-state index contributed by atoms with van der Waals surface area (Å²) in [6.45, 7) is 1.29. The van der Waals surface area contributed by atoms with Gasteiger partial charge in [-0.1, -0.05) is 25.7 Å². The minimum absolute atomic E-state index is 0.523. The summed E-state index contributed by atoms with van der Waals surface area (Å²) in [5.41, 5.74) is 0. The lowest BCUT2D eigenvalue weighted by Gasteiger charge is -2.36. The van der Waals surface area contributed by atoms with E-state index in [2.05, 4.69) is 4.90 Å². The summed E-state index contributed by atoms with van der Waals surface area (Å²) in [5.74, 6) is 1.45. The largest absolute Gasteiger partial charge is 0.300 e. The summed E-state index contributed by atoms with van der Waals surface area (Å²) in [6, 6.07) is 1.23. The number of piperidine rings is 1. The third kappa shape index (κ3) is 2.57. The van der Waals surface area contributed by atoms with Crippen LogP contribution in [0.1, 0.15) is 64.2 Å². The smallest absolute Gasteiger partial charge is 0.136 e. The van der Waals surface area contributed by atoms with Crippen LogP contribution in [0.5, 0.6) is 0 Å². The van der Waals surface area contributed by atoms with E-state index in [1.165, 1.54) is 57.9 Å². The fourth-order valence-corrected chi connectivity index (χ4v) is 4.20. The molecule has 0 aromatic rings. The highest BCUT2D eigenvalue weighted by Crippen LogP contribution is 2.36. The zero-order chi connectivity index (χ0) is 11.7. The lowest BCUT2D eigenvalue weighted by atomic mass is 9.95. The summed E-state index contributed by atoms with van der Waals surface area (Å²) in [4.78, 5) is 14.3. The van der Waals surface area contributed by atoms with E-state index in [-0.39, 0.29) is 0 Å². The highest BCUT2D eigenvalue weighted by atomic mass is 16.1. The first kappa shape index (κ1) is 11.7. The second-order valence-electron chi connectivity index (χ2n) is 6.39. The highest BCUT2D eigenvalue weighted by Gasteiger charge is 2.40. The molecule has 1 saturated carbocycles. The van der Waals surface area contributed by atoms with Gasteiger partial charge in [0.05, 0.1) is 0 Å². The first-order valence-electron chi connectivity index (χ1n) is 7.60. The Hall–Kier alpha value is -0.370. The molecule has 2 bridgehead atoms. The molecule has 3 rings (SSSR count). The molecule has 2 heteroatoms. The number of Topliss-reactive ketones (excluding diaryl/α,β-unsaturated/α-hetero) is 1. The maximum atomic E-state index is 11.6. The topological polar surface area (TPSA) is 20.3 Å². The van der Waals surface area contributed by atoms with E-state index < -0.39 is 0 Å². The average Bonchev–Trinajstić information content (AvgIpc) is 2.54. The van der Waals surface area contributed by atoms with Crippen molar-refractivity contribution in [1.82, 2.24) is 4.90 Å². The third-order valence-electron chi connectivity index (χ3n) is 5.14. The van der Waals surface area contributed by atoms with Crippen LogP contribution in [0.4, 0.5) is 0 Å². The number of nitrogens with zero attached hydrogens (tertiary/aromatic N) is 1. The zero-order valence-electron chi connectivity index (χ0n) is 10.9. The molecule has 2 heterocycles. The van der Waals surface area contributed by atoms with Crippen molar-refractivity contribution in [1.29, 1.82) is 0 Å². The lowest BCUT2D eigenvalue weighted by Crippen LogP contribution is -2.45. The van der Waals surface area contributed by atoms with E-state index >= 15 is 0 Å². The molecule has 0 spiro atoms. The molecule has 3 aliphatic rings. The Morgan fingerprint density at radius 1 is 0.882 bits per heavy atom. The van der Waals surface area contributed by atoms with Crippen molar-refractivity contribution in [3.05, 3.63) is 0 Å². The van der Waals surface area contributed by atoms with Gasteiger partial charge < -0.3 is 0 Å². The SMILES string of the molecule is O=C1CC2CCC(C1)N2CC1CCCCCC1. The van der Waals surface area contributed by atoms with Crippen molar-refractivity contribution in [3.63, 3.8) is 0 Å².